The molecule has 1 aliphatic rings. The van der Waals surface area contributed by atoms with Gasteiger partial charge in [-0.15, -0.1) is 0 Å². The fourth-order valence-corrected chi connectivity index (χ4v) is 3.86. The van der Waals surface area contributed by atoms with E-state index in [9.17, 15) is 14.7 Å². The molecule has 0 bridgehead atoms. The van der Waals surface area contributed by atoms with Crippen LogP contribution in [0.15, 0.2) is 65.7 Å². The van der Waals surface area contributed by atoms with Crippen molar-refractivity contribution < 1.29 is 14.7 Å². The highest BCUT2D eigenvalue weighted by Crippen LogP contribution is 2.32. The van der Waals surface area contributed by atoms with E-state index >= 15 is 0 Å². The summed E-state index contributed by atoms with van der Waals surface area (Å²) in [6.07, 6.45) is 3.46. The SMILES string of the molecule is O=C(NN1C(=O)/C(=C/c2ccc3ncccc3c2)SC1=S)c1ccc(O)cc1. The number of amides is 2. The summed E-state index contributed by atoms with van der Waals surface area (Å²) in [6, 6.07) is 15.2. The molecule has 2 heterocycles. The van der Waals surface area contributed by atoms with Crippen LogP contribution < -0.4 is 5.43 Å². The molecule has 28 heavy (non-hydrogen) atoms. The Morgan fingerprint density at radius 3 is 2.75 bits per heavy atom. The fraction of sp³-hybridized carbons (Fsp3) is 0. The number of thiocarbonyl (C=S) groups is 1. The largest absolute Gasteiger partial charge is 0.508 e. The Hall–Kier alpha value is -3.23. The van der Waals surface area contributed by atoms with E-state index in [0.29, 0.717) is 10.5 Å². The van der Waals surface area contributed by atoms with E-state index in [1.807, 2.05) is 30.3 Å². The van der Waals surface area contributed by atoms with Crippen LogP contribution in [0, 0.1) is 0 Å². The Labute approximate surface area is 169 Å². The maximum Gasteiger partial charge on any atom is 0.285 e. The zero-order valence-electron chi connectivity index (χ0n) is 14.3. The Morgan fingerprint density at radius 2 is 1.96 bits per heavy atom. The highest BCUT2D eigenvalue weighted by molar-refractivity contribution is 8.26. The van der Waals surface area contributed by atoms with Crippen molar-refractivity contribution in [3.8, 4) is 5.75 Å². The molecule has 0 atom stereocenters. The van der Waals surface area contributed by atoms with Gasteiger partial charge in [-0.2, -0.15) is 5.01 Å². The van der Waals surface area contributed by atoms with E-state index in [1.165, 1.54) is 24.3 Å². The van der Waals surface area contributed by atoms with Crippen molar-refractivity contribution in [1.29, 1.82) is 0 Å². The molecule has 0 spiro atoms. The first kappa shape index (κ1) is 18.1. The van der Waals surface area contributed by atoms with Gasteiger partial charge in [0.25, 0.3) is 11.8 Å². The minimum absolute atomic E-state index is 0.0516. The molecule has 2 N–H and O–H groups in total. The molecule has 0 radical (unpaired) electrons. The molecule has 1 aromatic heterocycles. The Balaban J connectivity index is 1.55. The molecule has 0 unspecified atom stereocenters. The van der Waals surface area contributed by atoms with Gasteiger partial charge in [-0.3, -0.25) is 20.0 Å². The second kappa shape index (κ2) is 7.41. The second-order valence-electron chi connectivity index (χ2n) is 5.96. The van der Waals surface area contributed by atoms with Gasteiger partial charge in [0.1, 0.15) is 5.75 Å². The number of benzene rings is 2. The lowest BCUT2D eigenvalue weighted by Crippen LogP contribution is -2.44. The first-order valence-corrected chi connectivity index (χ1v) is 9.46. The molecular formula is C20H13N3O3S2. The molecule has 0 saturated carbocycles. The minimum Gasteiger partial charge on any atom is -0.508 e. The lowest BCUT2D eigenvalue weighted by atomic mass is 10.1. The summed E-state index contributed by atoms with van der Waals surface area (Å²) in [5.74, 6) is -0.835. The molecule has 2 aromatic carbocycles. The third kappa shape index (κ3) is 3.60. The number of carbonyl (C=O) groups is 2. The number of phenolic OH excluding ortho intramolecular Hbond substituents is 1. The van der Waals surface area contributed by atoms with Crippen molar-refractivity contribution in [3.63, 3.8) is 0 Å². The van der Waals surface area contributed by atoms with Gasteiger partial charge < -0.3 is 5.11 Å². The predicted octanol–water partition coefficient (Wildman–Crippen LogP) is 3.49. The summed E-state index contributed by atoms with van der Waals surface area (Å²) < 4.78 is 0.242. The van der Waals surface area contributed by atoms with E-state index in [2.05, 4.69) is 10.4 Å². The van der Waals surface area contributed by atoms with E-state index in [-0.39, 0.29) is 10.1 Å². The number of aromatic hydroxyl groups is 1. The number of pyridine rings is 1. The van der Waals surface area contributed by atoms with Crippen molar-refractivity contribution in [1.82, 2.24) is 15.4 Å². The summed E-state index contributed by atoms with van der Waals surface area (Å²) >= 11 is 6.36. The van der Waals surface area contributed by atoms with E-state index in [4.69, 9.17) is 12.2 Å². The van der Waals surface area contributed by atoms with Crippen molar-refractivity contribution in [2.24, 2.45) is 0 Å². The van der Waals surface area contributed by atoms with Gasteiger partial charge in [0.05, 0.1) is 10.4 Å². The topological polar surface area (TPSA) is 82.5 Å². The lowest BCUT2D eigenvalue weighted by molar-refractivity contribution is -0.123. The quantitative estimate of drug-likeness (QED) is 0.511. The number of fused-ring (bicyclic) bond motifs is 1. The monoisotopic (exact) mass is 407 g/mol. The van der Waals surface area contributed by atoms with Crippen molar-refractivity contribution in [3.05, 3.63) is 76.8 Å². The van der Waals surface area contributed by atoms with Crippen LogP contribution in [0.2, 0.25) is 0 Å². The van der Waals surface area contributed by atoms with Crippen LogP contribution in [0.5, 0.6) is 5.75 Å². The molecule has 3 aromatic rings. The molecule has 4 rings (SSSR count). The van der Waals surface area contributed by atoms with Crippen LogP contribution in [0.1, 0.15) is 15.9 Å². The first-order chi connectivity index (χ1) is 13.5. The standard InChI is InChI=1S/C20H13N3O3S2/c24-15-6-4-13(5-7-15)18(25)22-23-19(26)17(28-20(23)27)11-12-3-8-16-14(10-12)2-1-9-21-16/h1-11,24H,(H,22,25)/b17-11-. The third-order valence-electron chi connectivity index (χ3n) is 4.06. The Morgan fingerprint density at radius 1 is 1.18 bits per heavy atom. The summed E-state index contributed by atoms with van der Waals surface area (Å²) in [5, 5.41) is 11.3. The van der Waals surface area contributed by atoms with Crippen LogP contribution in [-0.2, 0) is 4.79 Å². The number of hydrogen-bond acceptors (Lipinski definition) is 6. The maximum atomic E-state index is 12.7. The van der Waals surface area contributed by atoms with Gasteiger partial charge in [0.15, 0.2) is 4.32 Å². The number of nitrogens with one attached hydrogen (secondary N) is 1. The Kier molecular flexibility index (Phi) is 4.81. The van der Waals surface area contributed by atoms with Crippen LogP contribution in [0.3, 0.4) is 0 Å². The van der Waals surface area contributed by atoms with Gasteiger partial charge in [0.2, 0.25) is 0 Å². The molecule has 1 saturated heterocycles. The lowest BCUT2D eigenvalue weighted by Gasteiger charge is -2.15. The highest BCUT2D eigenvalue weighted by atomic mass is 32.2. The summed E-state index contributed by atoms with van der Waals surface area (Å²) in [6.45, 7) is 0. The molecule has 6 nitrogen and oxygen atoms in total. The average Bonchev–Trinajstić information content (AvgIpc) is 2.95. The minimum atomic E-state index is -0.491. The Bertz CT molecular complexity index is 1140. The number of nitrogens with zero attached hydrogens (tertiary/aromatic N) is 2. The number of aromatic nitrogens is 1. The molecular weight excluding hydrogens is 394 g/mol. The smallest absolute Gasteiger partial charge is 0.285 e. The van der Waals surface area contributed by atoms with Crippen LogP contribution in [-0.4, -0.2) is 31.2 Å². The molecule has 0 aliphatic carbocycles. The summed E-state index contributed by atoms with van der Waals surface area (Å²) in [4.78, 5) is 29.7. The van der Waals surface area contributed by atoms with Crippen molar-refractivity contribution >= 4 is 57.1 Å². The molecule has 2 amide bonds. The zero-order valence-corrected chi connectivity index (χ0v) is 16.0. The zero-order chi connectivity index (χ0) is 19.7. The number of hydrogen-bond donors (Lipinski definition) is 2. The molecule has 1 fully saturated rings. The number of carbonyl (C=O) groups excluding carboxylic acids is 2. The second-order valence-corrected chi connectivity index (χ2v) is 7.64. The van der Waals surface area contributed by atoms with Gasteiger partial charge in [0, 0.05) is 17.1 Å². The normalized spacial score (nSPS) is 15.4. The predicted molar refractivity (Wildman–Crippen MR) is 112 cm³/mol. The fourth-order valence-electron chi connectivity index (χ4n) is 2.68. The van der Waals surface area contributed by atoms with Gasteiger partial charge in [-0.1, -0.05) is 23.9 Å². The first-order valence-electron chi connectivity index (χ1n) is 8.24. The summed E-state index contributed by atoms with van der Waals surface area (Å²) in [7, 11) is 0. The van der Waals surface area contributed by atoms with E-state index in [0.717, 1.165) is 33.2 Å². The number of hydrazine groups is 1. The highest BCUT2D eigenvalue weighted by Gasteiger charge is 2.33. The van der Waals surface area contributed by atoms with Crippen molar-refractivity contribution in [2.75, 3.05) is 0 Å². The molecule has 1 aliphatic heterocycles. The summed E-state index contributed by atoms with van der Waals surface area (Å²) in [5.41, 5.74) is 4.52. The maximum absolute atomic E-state index is 12.7. The van der Waals surface area contributed by atoms with Crippen LogP contribution >= 0.6 is 24.0 Å². The van der Waals surface area contributed by atoms with Gasteiger partial charge >= 0.3 is 0 Å². The van der Waals surface area contributed by atoms with Crippen molar-refractivity contribution in [2.45, 2.75) is 0 Å². The van der Waals surface area contributed by atoms with E-state index < -0.39 is 11.8 Å². The average molecular weight is 407 g/mol. The van der Waals surface area contributed by atoms with Crippen LogP contribution in [0.4, 0.5) is 0 Å². The number of thioether (sulfide) groups is 1. The van der Waals surface area contributed by atoms with Gasteiger partial charge in [-0.05, 0) is 66.3 Å². The molecule has 138 valence electrons. The van der Waals surface area contributed by atoms with Gasteiger partial charge in [-0.25, -0.2) is 0 Å². The van der Waals surface area contributed by atoms with Crippen LogP contribution in [0.25, 0.3) is 17.0 Å². The number of phenols is 1. The molecule has 8 heteroatoms. The third-order valence-corrected chi connectivity index (χ3v) is 5.36. The van der Waals surface area contributed by atoms with E-state index in [1.54, 1.807) is 12.3 Å². The number of rotatable bonds is 3.